The van der Waals surface area contributed by atoms with Gasteiger partial charge < -0.3 is 5.32 Å². The zero-order valence-electron chi connectivity index (χ0n) is 11.1. The number of nitrogens with one attached hydrogen (secondary N) is 2. The Bertz CT molecular complexity index is 547. The van der Waals surface area contributed by atoms with Crippen molar-refractivity contribution in [2.24, 2.45) is 0 Å². The molecule has 0 radical (unpaired) electrons. The van der Waals surface area contributed by atoms with Crippen molar-refractivity contribution in [1.82, 2.24) is 10.0 Å². The van der Waals surface area contributed by atoms with E-state index in [0.717, 1.165) is 6.07 Å². The van der Waals surface area contributed by atoms with E-state index in [2.05, 4.69) is 10.0 Å². The average Bonchev–Trinajstić information content (AvgIpc) is 2.30. The van der Waals surface area contributed by atoms with Crippen molar-refractivity contribution in [2.75, 3.05) is 6.54 Å². The summed E-state index contributed by atoms with van der Waals surface area (Å²) in [5.74, 6) is -0.735. The van der Waals surface area contributed by atoms with Gasteiger partial charge in [-0.3, -0.25) is 0 Å². The lowest BCUT2D eigenvalue weighted by molar-refractivity contribution is 0.571. The van der Waals surface area contributed by atoms with Gasteiger partial charge in [-0.05, 0) is 17.7 Å². The second-order valence-corrected chi connectivity index (χ2v) is 6.56. The molecule has 7 heteroatoms. The lowest BCUT2D eigenvalue weighted by atomic mass is 10.2. The lowest BCUT2D eigenvalue weighted by Gasteiger charge is -2.12. The van der Waals surface area contributed by atoms with E-state index in [1.54, 1.807) is 6.92 Å². The van der Waals surface area contributed by atoms with Gasteiger partial charge in [0.1, 0.15) is 5.82 Å². The Balaban J connectivity index is 3.16. The van der Waals surface area contributed by atoms with Gasteiger partial charge in [0.15, 0.2) is 0 Å². The van der Waals surface area contributed by atoms with E-state index in [1.807, 2.05) is 13.8 Å². The fourth-order valence-electron chi connectivity index (χ4n) is 1.49. The van der Waals surface area contributed by atoms with E-state index in [9.17, 15) is 12.8 Å². The molecule has 19 heavy (non-hydrogen) atoms. The summed E-state index contributed by atoms with van der Waals surface area (Å²) in [5.41, 5.74) is 0.423. The maximum atomic E-state index is 13.7. The monoisotopic (exact) mass is 308 g/mol. The minimum absolute atomic E-state index is 0.0522. The molecule has 0 aromatic heterocycles. The Morgan fingerprint density at radius 1 is 1.37 bits per heavy atom. The van der Waals surface area contributed by atoms with Crippen molar-refractivity contribution in [3.8, 4) is 0 Å². The maximum Gasteiger partial charge on any atom is 0.240 e. The largest absolute Gasteiger partial charge is 0.310 e. The summed E-state index contributed by atoms with van der Waals surface area (Å²) >= 11 is 5.85. The van der Waals surface area contributed by atoms with Gasteiger partial charge in [0.2, 0.25) is 10.0 Å². The van der Waals surface area contributed by atoms with Gasteiger partial charge in [-0.15, -0.1) is 0 Å². The minimum Gasteiger partial charge on any atom is -0.310 e. The summed E-state index contributed by atoms with van der Waals surface area (Å²) in [4.78, 5) is -0.114. The van der Waals surface area contributed by atoms with Crippen LogP contribution in [0.2, 0.25) is 5.02 Å². The van der Waals surface area contributed by atoms with E-state index in [1.165, 1.54) is 6.07 Å². The molecule has 0 atom stereocenters. The standard InChI is InChI=1S/C12H18ClFN2O2S/c1-4-16-19(17,18)10-5-9(7-15-8(2)3)12(13)11(14)6-10/h5-6,8,15-16H,4,7H2,1-3H3. The Hall–Kier alpha value is -0.690. The fourth-order valence-corrected chi connectivity index (χ4v) is 2.77. The zero-order valence-corrected chi connectivity index (χ0v) is 12.7. The van der Waals surface area contributed by atoms with Crippen molar-refractivity contribution in [3.05, 3.63) is 28.5 Å². The molecule has 108 valence electrons. The summed E-state index contributed by atoms with van der Waals surface area (Å²) in [6.45, 7) is 6.08. The van der Waals surface area contributed by atoms with Crippen LogP contribution in [0.5, 0.6) is 0 Å². The summed E-state index contributed by atoms with van der Waals surface area (Å²) in [5, 5.41) is 3.02. The molecule has 0 aliphatic carbocycles. The van der Waals surface area contributed by atoms with Gasteiger partial charge in [-0.1, -0.05) is 32.4 Å². The second kappa shape index (κ2) is 6.65. The zero-order chi connectivity index (χ0) is 14.6. The maximum absolute atomic E-state index is 13.7. The molecule has 0 amide bonds. The Morgan fingerprint density at radius 3 is 2.53 bits per heavy atom. The van der Waals surface area contributed by atoms with Gasteiger partial charge >= 0.3 is 0 Å². The van der Waals surface area contributed by atoms with Crippen LogP contribution >= 0.6 is 11.6 Å². The number of hydrogen-bond donors (Lipinski definition) is 2. The molecule has 1 aromatic carbocycles. The predicted octanol–water partition coefficient (Wildman–Crippen LogP) is 2.28. The molecule has 0 saturated carbocycles. The molecule has 0 fully saturated rings. The highest BCUT2D eigenvalue weighted by Crippen LogP contribution is 2.24. The van der Waals surface area contributed by atoms with Crippen molar-refractivity contribution in [2.45, 2.75) is 38.3 Å². The quantitative estimate of drug-likeness (QED) is 0.847. The molecule has 4 nitrogen and oxygen atoms in total. The molecular weight excluding hydrogens is 291 g/mol. The molecule has 0 unspecified atom stereocenters. The van der Waals surface area contributed by atoms with Crippen LogP contribution < -0.4 is 10.0 Å². The predicted molar refractivity (Wildman–Crippen MR) is 74.2 cm³/mol. The molecule has 0 saturated heterocycles. The number of hydrogen-bond acceptors (Lipinski definition) is 3. The van der Waals surface area contributed by atoms with Crippen molar-refractivity contribution < 1.29 is 12.8 Å². The van der Waals surface area contributed by atoms with E-state index in [0.29, 0.717) is 12.1 Å². The third-order valence-corrected chi connectivity index (χ3v) is 4.37. The third kappa shape index (κ3) is 4.42. The van der Waals surface area contributed by atoms with Crippen molar-refractivity contribution in [3.63, 3.8) is 0 Å². The first kappa shape index (κ1) is 16.4. The highest BCUT2D eigenvalue weighted by atomic mass is 35.5. The fraction of sp³-hybridized carbons (Fsp3) is 0.500. The van der Waals surface area contributed by atoms with Crippen LogP contribution in [0.1, 0.15) is 26.3 Å². The molecule has 0 bridgehead atoms. The van der Waals surface area contributed by atoms with Crippen molar-refractivity contribution >= 4 is 21.6 Å². The van der Waals surface area contributed by atoms with Crippen LogP contribution in [0.25, 0.3) is 0 Å². The van der Waals surface area contributed by atoms with Crippen LogP contribution in [-0.4, -0.2) is 21.0 Å². The van der Waals surface area contributed by atoms with Gasteiger partial charge in [-0.2, -0.15) is 0 Å². The van der Waals surface area contributed by atoms with E-state index >= 15 is 0 Å². The Labute approximate surface area is 118 Å². The molecule has 1 aromatic rings. The summed E-state index contributed by atoms with van der Waals surface area (Å²) in [7, 11) is -3.69. The van der Waals surface area contributed by atoms with Gasteiger partial charge in [0, 0.05) is 19.1 Å². The first-order valence-corrected chi connectivity index (χ1v) is 7.85. The summed E-state index contributed by atoms with van der Waals surface area (Å²) in [6, 6.07) is 2.51. The van der Waals surface area contributed by atoms with E-state index in [-0.39, 0.29) is 22.5 Å². The van der Waals surface area contributed by atoms with Crippen molar-refractivity contribution in [1.29, 1.82) is 0 Å². The molecule has 0 aliphatic heterocycles. The van der Waals surface area contributed by atoms with Crippen LogP contribution in [-0.2, 0) is 16.6 Å². The third-order valence-electron chi connectivity index (χ3n) is 2.42. The van der Waals surface area contributed by atoms with Gasteiger partial charge in [0.05, 0.1) is 9.92 Å². The first-order chi connectivity index (χ1) is 8.77. The SMILES string of the molecule is CCNS(=O)(=O)c1cc(F)c(Cl)c(CNC(C)C)c1. The number of rotatable bonds is 6. The molecule has 0 spiro atoms. The number of halogens is 2. The molecule has 0 heterocycles. The van der Waals surface area contributed by atoms with Crippen LogP contribution in [0.15, 0.2) is 17.0 Å². The molecule has 0 aliphatic rings. The Morgan fingerprint density at radius 2 is 2.00 bits per heavy atom. The average molecular weight is 309 g/mol. The van der Waals surface area contributed by atoms with Gasteiger partial charge in [0.25, 0.3) is 0 Å². The normalized spacial score (nSPS) is 12.1. The van der Waals surface area contributed by atoms with Crippen LogP contribution in [0.3, 0.4) is 0 Å². The van der Waals surface area contributed by atoms with E-state index < -0.39 is 15.8 Å². The second-order valence-electron chi connectivity index (χ2n) is 4.42. The van der Waals surface area contributed by atoms with Crippen LogP contribution in [0, 0.1) is 5.82 Å². The number of benzene rings is 1. The highest BCUT2D eigenvalue weighted by Gasteiger charge is 2.18. The highest BCUT2D eigenvalue weighted by molar-refractivity contribution is 7.89. The lowest BCUT2D eigenvalue weighted by Crippen LogP contribution is -2.25. The topological polar surface area (TPSA) is 58.2 Å². The Kier molecular flexibility index (Phi) is 5.73. The summed E-state index contributed by atoms with van der Waals surface area (Å²) in [6.07, 6.45) is 0. The van der Waals surface area contributed by atoms with Gasteiger partial charge in [-0.25, -0.2) is 17.5 Å². The van der Waals surface area contributed by atoms with E-state index in [4.69, 9.17) is 11.6 Å². The molecular formula is C12H18ClFN2O2S. The summed E-state index contributed by atoms with van der Waals surface area (Å²) < 4.78 is 39.7. The molecule has 2 N–H and O–H groups in total. The van der Waals surface area contributed by atoms with Crippen LogP contribution in [0.4, 0.5) is 4.39 Å². The minimum atomic E-state index is -3.69. The first-order valence-electron chi connectivity index (χ1n) is 5.99. The number of sulfonamides is 1. The smallest absolute Gasteiger partial charge is 0.240 e. The molecule has 1 rings (SSSR count).